The molecule has 0 fully saturated rings. The van der Waals surface area contributed by atoms with Gasteiger partial charge in [0.15, 0.2) is 0 Å². The molecule has 0 aromatic heterocycles. The summed E-state index contributed by atoms with van der Waals surface area (Å²) in [6.45, 7) is 3.75. The normalized spacial score (nSPS) is 13.2. The summed E-state index contributed by atoms with van der Waals surface area (Å²) >= 11 is 0. The fraction of sp³-hybridized carbons (Fsp3) is 0.455. The van der Waals surface area contributed by atoms with Crippen LogP contribution in [0.5, 0.6) is 0 Å². The van der Waals surface area contributed by atoms with E-state index in [1.807, 2.05) is 6.92 Å². The number of nitro benzene ring substituents is 1. The molecule has 18 heavy (non-hydrogen) atoms. The van der Waals surface area contributed by atoms with Gasteiger partial charge in [-0.25, -0.2) is 13.1 Å². The average Bonchev–Trinajstić information content (AvgIpc) is 2.28. The van der Waals surface area contributed by atoms with Crippen LogP contribution >= 0.6 is 0 Å². The van der Waals surface area contributed by atoms with Gasteiger partial charge in [0.2, 0.25) is 10.0 Å². The standard InChI is InChI=1S/C11H16N2O4S/c1-3-4-9(2)12-18(16,17)11-7-5-10(6-8-11)13(14)15/h5-9,12H,3-4H2,1-2H3/t9-/m0/s1. The van der Waals surface area contributed by atoms with Gasteiger partial charge in [-0.1, -0.05) is 13.3 Å². The summed E-state index contributed by atoms with van der Waals surface area (Å²) in [6, 6.07) is 4.67. The van der Waals surface area contributed by atoms with Crippen LogP contribution in [0.3, 0.4) is 0 Å². The third kappa shape index (κ3) is 3.78. The second-order valence-electron chi connectivity index (χ2n) is 4.06. The Morgan fingerprint density at radius 2 is 1.89 bits per heavy atom. The zero-order valence-electron chi connectivity index (χ0n) is 10.3. The quantitative estimate of drug-likeness (QED) is 0.634. The number of benzene rings is 1. The van der Waals surface area contributed by atoms with Crippen molar-refractivity contribution in [1.29, 1.82) is 0 Å². The highest BCUT2D eigenvalue weighted by Gasteiger charge is 2.17. The Morgan fingerprint density at radius 3 is 2.33 bits per heavy atom. The first-order chi connectivity index (χ1) is 8.36. The van der Waals surface area contributed by atoms with E-state index < -0.39 is 14.9 Å². The summed E-state index contributed by atoms with van der Waals surface area (Å²) in [5.41, 5.74) is -0.129. The predicted molar refractivity (Wildman–Crippen MR) is 67.8 cm³/mol. The molecule has 0 aliphatic rings. The summed E-state index contributed by atoms with van der Waals surface area (Å²) < 4.78 is 26.4. The smallest absolute Gasteiger partial charge is 0.258 e. The Labute approximate surface area is 106 Å². The Hall–Kier alpha value is -1.47. The number of rotatable bonds is 6. The molecule has 100 valence electrons. The van der Waals surface area contributed by atoms with Crippen LogP contribution in [-0.4, -0.2) is 19.4 Å². The number of hydrogen-bond acceptors (Lipinski definition) is 4. The second kappa shape index (κ2) is 5.92. The first kappa shape index (κ1) is 14.6. The number of nitrogens with zero attached hydrogens (tertiary/aromatic N) is 1. The zero-order chi connectivity index (χ0) is 13.8. The number of non-ortho nitro benzene ring substituents is 1. The van der Waals surface area contributed by atoms with Gasteiger partial charge in [-0.15, -0.1) is 0 Å². The van der Waals surface area contributed by atoms with Gasteiger partial charge in [-0.3, -0.25) is 10.1 Å². The molecule has 0 amide bonds. The van der Waals surface area contributed by atoms with Crippen LogP contribution in [0, 0.1) is 10.1 Å². The molecule has 0 aliphatic heterocycles. The highest BCUT2D eigenvalue weighted by molar-refractivity contribution is 7.89. The molecule has 1 rings (SSSR count). The van der Waals surface area contributed by atoms with Gasteiger partial charge in [-0.05, 0) is 25.5 Å². The van der Waals surface area contributed by atoms with Gasteiger partial charge in [0.1, 0.15) is 0 Å². The van der Waals surface area contributed by atoms with E-state index in [2.05, 4.69) is 4.72 Å². The lowest BCUT2D eigenvalue weighted by molar-refractivity contribution is -0.384. The SMILES string of the molecule is CCC[C@H](C)NS(=O)(=O)c1ccc([N+](=O)[O-])cc1. The number of nitrogens with one attached hydrogen (secondary N) is 1. The third-order valence-corrected chi connectivity index (χ3v) is 4.04. The van der Waals surface area contributed by atoms with Crippen LogP contribution in [0.1, 0.15) is 26.7 Å². The monoisotopic (exact) mass is 272 g/mol. The molecule has 1 aromatic rings. The Bertz CT molecular complexity index is 510. The Morgan fingerprint density at radius 1 is 1.33 bits per heavy atom. The maximum atomic E-state index is 11.9. The van der Waals surface area contributed by atoms with Crippen molar-refractivity contribution >= 4 is 15.7 Å². The number of sulfonamides is 1. The molecule has 0 aliphatic carbocycles. The summed E-state index contributed by atoms with van der Waals surface area (Å²) in [4.78, 5) is 9.94. The predicted octanol–water partition coefficient (Wildman–Crippen LogP) is 2.06. The van der Waals surface area contributed by atoms with E-state index in [0.29, 0.717) is 0 Å². The van der Waals surface area contributed by atoms with Crippen molar-refractivity contribution < 1.29 is 13.3 Å². The van der Waals surface area contributed by atoms with Crippen molar-refractivity contribution in [2.45, 2.75) is 37.6 Å². The summed E-state index contributed by atoms with van der Waals surface area (Å²) in [5.74, 6) is 0. The van der Waals surface area contributed by atoms with Crippen LogP contribution in [-0.2, 0) is 10.0 Å². The van der Waals surface area contributed by atoms with E-state index in [9.17, 15) is 18.5 Å². The molecule has 0 saturated carbocycles. The minimum atomic E-state index is -3.60. The summed E-state index contributed by atoms with van der Waals surface area (Å²) in [5, 5.41) is 10.5. The molecule has 7 heteroatoms. The van der Waals surface area contributed by atoms with Gasteiger partial charge in [0.25, 0.3) is 5.69 Å². The van der Waals surface area contributed by atoms with Crippen molar-refractivity contribution in [2.24, 2.45) is 0 Å². The van der Waals surface area contributed by atoms with E-state index in [1.54, 1.807) is 6.92 Å². The van der Waals surface area contributed by atoms with Crippen LogP contribution < -0.4 is 4.72 Å². The van der Waals surface area contributed by atoms with Crippen LogP contribution in [0.4, 0.5) is 5.69 Å². The highest BCUT2D eigenvalue weighted by atomic mass is 32.2. The summed E-state index contributed by atoms with van der Waals surface area (Å²) in [7, 11) is -3.60. The Kier molecular flexibility index (Phi) is 4.80. The molecule has 0 bridgehead atoms. The van der Waals surface area contributed by atoms with Crippen molar-refractivity contribution in [3.05, 3.63) is 34.4 Å². The van der Waals surface area contributed by atoms with E-state index >= 15 is 0 Å². The first-order valence-corrected chi connectivity index (χ1v) is 7.12. The molecule has 1 N–H and O–H groups in total. The fourth-order valence-electron chi connectivity index (χ4n) is 1.57. The van der Waals surface area contributed by atoms with Crippen LogP contribution in [0.2, 0.25) is 0 Å². The average molecular weight is 272 g/mol. The lowest BCUT2D eigenvalue weighted by Crippen LogP contribution is -2.32. The van der Waals surface area contributed by atoms with Gasteiger partial charge < -0.3 is 0 Å². The van der Waals surface area contributed by atoms with Gasteiger partial charge >= 0.3 is 0 Å². The van der Waals surface area contributed by atoms with E-state index in [1.165, 1.54) is 24.3 Å². The molecule has 0 radical (unpaired) electrons. The van der Waals surface area contributed by atoms with Crippen LogP contribution in [0.15, 0.2) is 29.2 Å². The minimum absolute atomic E-state index is 0.0380. The van der Waals surface area contributed by atoms with E-state index in [4.69, 9.17) is 0 Å². The molecule has 0 unspecified atom stereocenters. The van der Waals surface area contributed by atoms with Gasteiger partial charge in [-0.2, -0.15) is 0 Å². The van der Waals surface area contributed by atoms with Gasteiger partial charge in [0.05, 0.1) is 9.82 Å². The lowest BCUT2D eigenvalue weighted by atomic mass is 10.2. The second-order valence-corrected chi connectivity index (χ2v) is 5.78. The minimum Gasteiger partial charge on any atom is -0.258 e. The summed E-state index contributed by atoms with van der Waals surface area (Å²) in [6.07, 6.45) is 1.62. The molecular formula is C11H16N2O4S. The van der Waals surface area contributed by atoms with Gasteiger partial charge in [0, 0.05) is 18.2 Å². The largest absolute Gasteiger partial charge is 0.269 e. The fourth-order valence-corrected chi connectivity index (χ4v) is 2.85. The van der Waals surface area contributed by atoms with Crippen LogP contribution in [0.25, 0.3) is 0 Å². The maximum Gasteiger partial charge on any atom is 0.269 e. The lowest BCUT2D eigenvalue weighted by Gasteiger charge is -2.12. The Balaban J connectivity index is 2.88. The molecule has 0 heterocycles. The number of hydrogen-bond donors (Lipinski definition) is 1. The molecule has 0 saturated heterocycles. The third-order valence-electron chi connectivity index (χ3n) is 2.44. The molecule has 1 aromatic carbocycles. The van der Waals surface area contributed by atoms with Crippen molar-refractivity contribution in [1.82, 2.24) is 4.72 Å². The maximum absolute atomic E-state index is 11.9. The molecule has 6 nitrogen and oxygen atoms in total. The van der Waals surface area contributed by atoms with E-state index in [-0.39, 0.29) is 16.6 Å². The molecule has 0 spiro atoms. The van der Waals surface area contributed by atoms with Crippen molar-refractivity contribution in [2.75, 3.05) is 0 Å². The first-order valence-electron chi connectivity index (χ1n) is 5.63. The topological polar surface area (TPSA) is 89.3 Å². The number of nitro groups is 1. The van der Waals surface area contributed by atoms with E-state index in [0.717, 1.165) is 12.8 Å². The van der Waals surface area contributed by atoms with Crippen molar-refractivity contribution in [3.63, 3.8) is 0 Å². The molecule has 1 atom stereocenters. The molecular weight excluding hydrogens is 256 g/mol. The highest BCUT2D eigenvalue weighted by Crippen LogP contribution is 2.16. The van der Waals surface area contributed by atoms with Crippen molar-refractivity contribution in [3.8, 4) is 0 Å². The zero-order valence-corrected chi connectivity index (χ0v) is 11.1.